The lowest BCUT2D eigenvalue weighted by molar-refractivity contribution is 0.102. The van der Waals surface area contributed by atoms with Crippen molar-refractivity contribution in [2.45, 2.75) is 0 Å². The number of fused-ring (bicyclic) bond motifs is 2. The fraction of sp³-hybridized carbons (Fsp3) is 0.0588. The van der Waals surface area contributed by atoms with Gasteiger partial charge in [-0.15, -0.1) is 0 Å². The summed E-state index contributed by atoms with van der Waals surface area (Å²) in [6, 6.07) is 13.4. The van der Waals surface area contributed by atoms with E-state index in [0.717, 1.165) is 27.5 Å². The smallest absolute Gasteiger partial charge is 0.256 e. The van der Waals surface area contributed by atoms with Crippen LogP contribution in [0.4, 0.5) is 5.69 Å². The molecule has 0 aliphatic carbocycles. The maximum atomic E-state index is 12.6. The van der Waals surface area contributed by atoms with Gasteiger partial charge in [-0.2, -0.15) is 5.10 Å². The maximum Gasteiger partial charge on any atom is 0.256 e. The van der Waals surface area contributed by atoms with Gasteiger partial charge in [0.25, 0.3) is 5.91 Å². The minimum Gasteiger partial charge on any atom is -0.351 e. The van der Waals surface area contributed by atoms with Crippen LogP contribution in [0.1, 0.15) is 10.4 Å². The third-order valence-corrected chi connectivity index (χ3v) is 3.87. The molecule has 5 heteroatoms. The Balaban J connectivity index is 1.71. The van der Waals surface area contributed by atoms with Crippen molar-refractivity contribution in [1.29, 1.82) is 0 Å². The largest absolute Gasteiger partial charge is 0.351 e. The summed E-state index contributed by atoms with van der Waals surface area (Å²) in [7, 11) is 1.97. The maximum absolute atomic E-state index is 12.6. The van der Waals surface area contributed by atoms with E-state index in [-0.39, 0.29) is 5.91 Å². The highest BCUT2D eigenvalue weighted by molar-refractivity contribution is 6.13. The monoisotopic (exact) mass is 290 g/mol. The third kappa shape index (κ3) is 1.95. The first kappa shape index (κ1) is 12.6. The quantitative estimate of drug-likeness (QED) is 0.595. The fourth-order valence-corrected chi connectivity index (χ4v) is 2.72. The molecule has 2 N–H and O–H groups in total. The van der Waals surface area contributed by atoms with E-state index in [1.165, 1.54) is 0 Å². The Morgan fingerprint density at radius 2 is 2.14 bits per heavy atom. The predicted octanol–water partition coefficient (Wildman–Crippen LogP) is 3.31. The van der Waals surface area contributed by atoms with Crippen LogP contribution >= 0.6 is 0 Å². The third-order valence-electron chi connectivity index (χ3n) is 3.87. The van der Waals surface area contributed by atoms with Gasteiger partial charge in [-0.1, -0.05) is 6.07 Å². The van der Waals surface area contributed by atoms with E-state index in [1.54, 1.807) is 6.20 Å². The van der Waals surface area contributed by atoms with Gasteiger partial charge >= 0.3 is 0 Å². The van der Waals surface area contributed by atoms with E-state index in [9.17, 15) is 4.79 Å². The van der Waals surface area contributed by atoms with E-state index < -0.39 is 0 Å². The number of hydrogen-bond acceptors (Lipinski definition) is 2. The summed E-state index contributed by atoms with van der Waals surface area (Å²) in [5.74, 6) is -0.111. The Morgan fingerprint density at radius 3 is 3.05 bits per heavy atom. The molecule has 5 nitrogen and oxygen atoms in total. The highest BCUT2D eigenvalue weighted by Gasteiger charge is 2.12. The zero-order chi connectivity index (χ0) is 15.1. The van der Waals surface area contributed by atoms with Crippen LogP contribution in [0.25, 0.3) is 21.8 Å². The van der Waals surface area contributed by atoms with E-state index >= 15 is 0 Å². The van der Waals surface area contributed by atoms with Gasteiger partial charge in [0.1, 0.15) is 0 Å². The molecule has 0 saturated heterocycles. The molecule has 2 aromatic carbocycles. The molecule has 0 aliphatic heterocycles. The number of carbonyl (C=O) groups is 1. The van der Waals surface area contributed by atoms with Crippen molar-refractivity contribution in [3.8, 4) is 0 Å². The van der Waals surface area contributed by atoms with E-state index in [1.807, 2.05) is 60.3 Å². The van der Waals surface area contributed by atoms with Gasteiger partial charge in [0.05, 0.1) is 11.7 Å². The van der Waals surface area contributed by atoms with Crippen LogP contribution in [0, 0.1) is 0 Å². The number of carbonyl (C=O) groups excluding carboxylic acids is 1. The normalized spacial score (nSPS) is 11.1. The number of aromatic amines is 1. The minimum absolute atomic E-state index is 0.111. The molecule has 0 spiro atoms. The number of H-pyrrole nitrogens is 1. The number of nitrogens with zero attached hydrogens (tertiary/aromatic N) is 2. The molecular formula is C17H14N4O. The van der Waals surface area contributed by atoms with Gasteiger partial charge < -0.3 is 9.88 Å². The molecule has 22 heavy (non-hydrogen) atoms. The summed E-state index contributed by atoms with van der Waals surface area (Å²) >= 11 is 0. The van der Waals surface area contributed by atoms with E-state index in [4.69, 9.17) is 0 Å². The lowest BCUT2D eigenvalue weighted by Gasteiger charge is -2.07. The Hall–Kier alpha value is -3.08. The van der Waals surface area contributed by atoms with Crippen molar-refractivity contribution in [1.82, 2.24) is 14.8 Å². The first-order valence-corrected chi connectivity index (χ1v) is 7.01. The van der Waals surface area contributed by atoms with Gasteiger partial charge in [0.2, 0.25) is 0 Å². The Kier molecular flexibility index (Phi) is 2.72. The second-order valence-electron chi connectivity index (χ2n) is 5.29. The van der Waals surface area contributed by atoms with Crippen LogP contribution in [-0.2, 0) is 7.05 Å². The number of anilines is 1. The second kappa shape index (κ2) is 4.73. The molecule has 0 atom stereocenters. The van der Waals surface area contributed by atoms with Gasteiger partial charge in [0.15, 0.2) is 0 Å². The molecule has 2 heterocycles. The molecule has 0 fully saturated rings. The first-order valence-electron chi connectivity index (χ1n) is 7.01. The molecule has 4 rings (SSSR count). The number of rotatable bonds is 2. The van der Waals surface area contributed by atoms with Crippen molar-refractivity contribution in [2.24, 2.45) is 7.05 Å². The number of hydrogen-bond donors (Lipinski definition) is 2. The lowest BCUT2D eigenvalue weighted by Crippen LogP contribution is -2.12. The summed E-state index contributed by atoms with van der Waals surface area (Å²) in [5, 5.41) is 11.7. The van der Waals surface area contributed by atoms with Gasteiger partial charge in [-0.3, -0.25) is 9.89 Å². The fourth-order valence-electron chi connectivity index (χ4n) is 2.72. The molecule has 108 valence electrons. The number of amides is 1. The Morgan fingerprint density at radius 1 is 1.23 bits per heavy atom. The molecule has 0 saturated carbocycles. The van der Waals surface area contributed by atoms with E-state index in [2.05, 4.69) is 15.5 Å². The van der Waals surface area contributed by atoms with Crippen molar-refractivity contribution in [3.05, 3.63) is 60.4 Å². The highest BCUT2D eigenvalue weighted by atomic mass is 16.1. The average molecular weight is 290 g/mol. The van der Waals surface area contributed by atoms with Crippen LogP contribution in [0.2, 0.25) is 0 Å². The first-order chi connectivity index (χ1) is 10.7. The zero-order valence-corrected chi connectivity index (χ0v) is 12.0. The van der Waals surface area contributed by atoms with Gasteiger partial charge in [-0.05, 0) is 36.4 Å². The standard InChI is InChI=1S/C17H14N4O/c1-21-8-7-13-14(3-2-4-16(13)21)17(22)19-12-5-6-15-11(9-12)10-18-20-15/h2-10H,1H3,(H,18,20)(H,19,22). The van der Waals surface area contributed by atoms with Crippen LogP contribution in [0.5, 0.6) is 0 Å². The van der Waals surface area contributed by atoms with Gasteiger partial charge in [-0.25, -0.2) is 0 Å². The van der Waals surface area contributed by atoms with Gasteiger partial charge in [0, 0.05) is 40.8 Å². The Bertz CT molecular complexity index is 996. The SMILES string of the molecule is Cn1ccc2c(C(=O)Nc3ccc4[nH]ncc4c3)cccc21. The van der Waals surface area contributed by atoms with Crippen LogP contribution < -0.4 is 5.32 Å². The topological polar surface area (TPSA) is 62.7 Å². The molecule has 0 radical (unpaired) electrons. The zero-order valence-electron chi connectivity index (χ0n) is 12.0. The van der Waals surface area contributed by atoms with Crippen molar-refractivity contribution in [3.63, 3.8) is 0 Å². The van der Waals surface area contributed by atoms with Crippen molar-refractivity contribution in [2.75, 3.05) is 5.32 Å². The minimum atomic E-state index is -0.111. The van der Waals surface area contributed by atoms with E-state index in [0.29, 0.717) is 5.56 Å². The lowest BCUT2D eigenvalue weighted by atomic mass is 10.1. The summed E-state index contributed by atoms with van der Waals surface area (Å²) in [4.78, 5) is 12.6. The second-order valence-corrected chi connectivity index (χ2v) is 5.29. The molecule has 0 unspecified atom stereocenters. The molecule has 0 bridgehead atoms. The molecule has 1 amide bonds. The molecule has 0 aliphatic rings. The number of benzene rings is 2. The van der Waals surface area contributed by atoms with Crippen LogP contribution in [0.3, 0.4) is 0 Å². The summed E-state index contributed by atoms with van der Waals surface area (Å²) < 4.78 is 2.00. The summed E-state index contributed by atoms with van der Waals surface area (Å²) in [6.45, 7) is 0. The predicted molar refractivity (Wildman–Crippen MR) is 87.0 cm³/mol. The highest BCUT2D eigenvalue weighted by Crippen LogP contribution is 2.22. The summed E-state index contributed by atoms with van der Waals surface area (Å²) in [6.07, 6.45) is 3.70. The van der Waals surface area contributed by atoms with Crippen LogP contribution in [0.15, 0.2) is 54.9 Å². The molecular weight excluding hydrogens is 276 g/mol. The molecule has 2 aromatic heterocycles. The number of aromatic nitrogens is 3. The van der Waals surface area contributed by atoms with Crippen molar-refractivity contribution >= 4 is 33.4 Å². The Labute approximate surface area is 126 Å². The van der Waals surface area contributed by atoms with Crippen molar-refractivity contribution < 1.29 is 4.79 Å². The molecule has 4 aromatic rings. The van der Waals surface area contributed by atoms with Crippen LogP contribution in [-0.4, -0.2) is 20.7 Å². The average Bonchev–Trinajstić information content (AvgIpc) is 3.13. The summed E-state index contributed by atoms with van der Waals surface area (Å²) in [5.41, 5.74) is 3.42. The number of aryl methyl sites for hydroxylation is 1. The number of nitrogens with one attached hydrogen (secondary N) is 2.